The van der Waals surface area contributed by atoms with E-state index in [1.807, 2.05) is 0 Å². The van der Waals surface area contributed by atoms with Crippen LogP contribution in [0.1, 0.15) is 87.0 Å². The molecule has 0 N–H and O–H groups in total. The minimum Gasteiger partial charge on any atom is -0.300 e. The van der Waals surface area contributed by atoms with E-state index in [2.05, 4.69) is 53.4 Å². The molecule has 2 fully saturated rings. The normalized spacial score (nSPS) is 33.1. The van der Waals surface area contributed by atoms with E-state index in [1.54, 1.807) is 0 Å². The minimum atomic E-state index is 0.546. The molecule has 2 rings (SSSR count). The second kappa shape index (κ2) is 7.29. The zero-order chi connectivity index (χ0) is 15.4. The van der Waals surface area contributed by atoms with Crippen LogP contribution in [0.5, 0.6) is 0 Å². The molecule has 1 heteroatoms. The van der Waals surface area contributed by atoms with E-state index in [4.69, 9.17) is 0 Å². The standard InChI is InChI=1S/C16H31N.C3H8/c1-13-7-8-14(11-16(13,4)5)17-10-6-9-15(2,3)12-17;1-3-2/h13-14H,6-12H2,1-5H3;3H2,1-2H3/t13-,14-;/m0./s1. The molecule has 0 radical (unpaired) electrons. The van der Waals surface area contributed by atoms with Gasteiger partial charge >= 0.3 is 0 Å². The fourth-order valence-corrected chi connectivity index (χ4v) is 3.84. The summed E-state index contributed by atoms with van der Waals surface area (Å²) in [5, 5.41) is 0. The van der Waals surface area contributed by atoms with E-state index in [9.17, 15) is 0 Å². The topological polar surface area (TPSA) is 3.24 Å². The van der Waals surface area contributed by atoms with Crippen LogP contribution >= 0.6 is 0 Å². The first-order valence-corrected chi connectivity index (χ1v) is 8.96. The second-order valence-electron chi connectivity index (χ2n) is 8.77. The Labute approximate surface area is 128 Å². The molecule has 0 aromatic carbocycles. The van der Waals surface area contributed by atoms with Gasteiger partial charge in [0.15, 0.2) is 0 Å². The fourth-order valence-electron chi connectivity index (χ4n) is 3.84. The zero-order valence-corrected chi connectivity index (χ0v) is 15.3. The van der Waals surface area contributed by atoms with Gasteiger partial charge in [0.25, 0.3) is 0 Å². The smallest absolute Gasteiger partial charge is 0.0101 e. The Kier molecular flexibility index (Phi) is 6.57. The highest BCUT2D eigenvalue weighted by molar-refractivity contribution is 4.91. The molecule has 2 aliphatic rings. The van der Waals surface area contributed by atoms with E-state index in [-0.39, 0.29) is 0 Å². The molecule has 1 heterocycles. The molecular weight excluding hydrogens is 242 g/mol. The lowest BCUT2D eigenvalue weighted by Crippen LogP contribution is -2.49. The molecular formula is C19H39N. The highest BCUT2D eigenvalue weighted by Gasteiger charge is 2.38. The molecule has 0 aromatic heterocycles. The molecule has 1 saturated carbocycles. The maximum absolute atomic E-state index is 2.80. The summed E-state index contributed by atoms with van der Waals surface area (Å²) in [4.78, 5) is 2.80. The lowest BCUT2D eigenvalue weighted by molar-refractivity contribution is 0.0134. The maximum Gasteiger partial charge on any atom is 0.0101 e. The molecule has 0 spiro atoms. The van der Waals surface area contributed by atoms with Crippen molar-refractivity contribution in [3.8, 4) is 0 Å². The first kappa shape index (κ1) is 18.0. The van der Waals surface area contributed by atoms with E-state index < -0.39 is 0 Å². The lowest BCUT2D eigenvalue weighted by Gasteiger charge is -2.48. The van der Waals surface area contributed by atoms with Crippen LogP contribution in [-0.4, -0.2) is 24.0 Å². The molecule has 1 saturated heterocycles. The molecule has 0 unspecified atom stereocenters. The monoisotopic (exact) mass is 281 g/mol. The van der Waals surface area contributed by atoms with Crippen molar-refractivity contribution < 1.29 is 0 Å². The largest absolute Gasteiger partial charge is 0.300 e. The number of hydrogen-bond donors (Lipinski definition) is 0. The summed E-state index contributed by atoms with van der Waals surface area (Å²) in [7, 11) is 0. The number of piperidine rings is 1. The molecule has 1 nitrogen and oxygen atoms in total. The Bertz CT molecular complexity index is 279. The molecule has 120 valence electrons. The van der Waals surface area contributed by atoms with Crippen LogP contribution in [0.15, 0.2) is 0 Å². The van der Waals surface area contributed by atoms with Gasteiger partial charge in [-0.05, 0) is 55.4 Å². The Morgan fingerprint density at radius 3 is 2.15 bits per heavy atom. The predicted molar refractivity (Wildman–Crippen MR) is 91.1 cm³/mol. The van der Waals surface area contributed by atoms with Gasteiger partial charge in [0.1, 0.15) is 0 Å². The Hall–Kier alpha value is -0.0400. The first-order chi connectivity index (χ1) is 9.22. The van der Waals surface area contributed by atoms with Gasteiger partial charge in [-0.25, -0.2) is 0 Å². The van der Waals surface area contributed by atoms with Crippen LogP contribution in [0.4, 0.5) is 0 Å². The molecule has 0 amide bonds. The molecule has 0 aromatic rings. The van der Waals surface area contributed by atoms with Gasteiger partial charge in [-0.3, -0.25) is 4.90 Å². The van der Waals surface area contributed by atoms with Crippen LogP contribution in [-0.2, 0) is 0 Å². The molecule has 20 heavy (non-hydrogen) atoms. The third kappa shape index (κ3) is 5.06. The van der Waals surface area contributed by atoms with E-state index in [0.29, 0.717) is 10.8 Å². The van der Waals surface area contributed by atoms with Crippen molar-refractivity contribution >= 4 is 0 Å². The van der Waals surface area contributed by atoms with Crippen molar-refractivity contribution in [3.05, 3.63) is 0 Å². The number of nitrogens with zero attached hydrogens (tertiary/aromatic N) is 1. The van der Waals surface area contributed by atoms with Gasteiger partial charge in [0, 0.05) is 12.6 Å². The quantitative estimate of drug-likeness (QED) is 0.592. The van der Waals surface area contributed by atoms with E-state index in [0.717, 1.165) is 12.0 Å². The van der Waals surface area contributed by atoms with Crippen LogP contribution in [0.2, 0.25) is 0 Å². The Balaban J connectivity index is 0.000000612. The van der Waals surface area contributed by atoms with Gasteiger partial charge in [-0.1, -0.05) is 54.9 Å². The molecule has 2 atom stereocenters. The second-order valence-corrected chi connectivity index (χ2v) is 8.77. The predicted octanol–water partition coefficient (Wildman–Crippen LogP) is 5.74. The van der Waals surface area contributed by atoms with Crippen LogP contribution in [0.25, 0.3) is 0 Å². The number of likely N-dealkylation sites (tertiary alicyclic amines) is 1. The average molecular weight is 282 g/mol. The van der Waals surface area contributed by atoms with E-state index in [1.165, 1.54) is 51.6 Å². The van der Waals surface area contributed by atoms with Crippen molar-refractivity contribution in [3.63, 3.8) is 0 Å². The summed E-state index contributed by atoms with van der Waals surface area (Å²) in [5.74, 6) is 0.900. The van der Waals surface area contributed by atoms with Crippen molar-refractivity contribution in [2.45, 2.75) is 93.0 Å². The first-order valence-electron chi connectivity index (χ1n) is 8.96. The Morgan fingerprint density at radius 2 is 1.65 bits per heavy atom. The van der Waals surface area contributed by atoms with Crippen LogP contribution < -0.4 is 0 Å². The summed E-state index contributed by atoms with van der Waals surface area (Å²) >= 11 is 0. The third-order valence-electron chi connectivity index (χ3n) is 5.48. The lowest BCUT2D eigenvalue weighted by atomic mass is 9.67. The van der Waals surface area contributed by atoms with Gasteiger partial charge in [0.2, 0.25) is 0 Å². The third-order valence-corrected chi connectivity index (χ3v) is 5.48. The van der Waals surface area contributed by atoms with Crippen LogP contribution in [0.3, 0.4) is 0 Å². The van der Waals surface area contributed by atoms with E-state index >= 15 is 0 Å². The number of rotatable bonds is 1. The van der Waals surface area contributed by atoms with Crippen LogP contribution in [0, 0.1) is 16.7 Å². The van der Waals surface area contributed by atoms with Crippen molar-refractivity contribution in [2.75, 3.05) is 13.1 Å². The summed E-state index contributed by atoms with van der Waals surface area (Å²) < 4.78 is 0. The summed E-state index contributed by atoms with van der Waals surface area (Å²) in [5.41, 5.74) is 1.09. The Morgan fingerprint density at radius 1 is 1.05 bits per heavy atom. The highest BCUT2D eigenvalue weighted by atomic mass is 15.2. The SMILES string of the molecule is CCC.C[C@H]1CC[C@H](N2CCCC(C)(C)C2)CC1(C)C. The highest BCUT2D eigenvalue weighted by Crippen LogP contribution is 2.43. The van der Waals surface area contributed by atoms with Gasteiger partial charge in [-0.2, -0.15) is 0 Å². The maximum atomic E-state index is 2.80. The van der Waals surface area contributed by atoms with Gasteiger partial charge in [0.05, 0.1) is 0 Å². The van der Waals surface area contributed by atoms with Crippen molar-refractivity contribution in [2.24, 2.45) is 16.7 Å². The average Bonchev–Trinajstić information content (AvgIpc) is 2.32. The van der Waals surface area contributed by atoms with Crippen molar-refractivity contribution in [1.82, 2.24) is 4.90 Å². The zero-order valence-electron chi connectivity index (χ0n) is 15.3. The molecule has 1 aliphatic heterocycles. The fraction of sp³-hybridized carbons (Fsp3) is 1.00. The number of hydrogen-bond acceptors (Lipinski definition) is 1. The van der Waals surface area contributed by atoms with Gasteiger partial charge in [-0.15, -0.1) is 0 Å². The summed E-state index contributed by atoms with van der Waals surface area (Å²) in [6.45, 7) is 19.2. The van der Waals surface area contributed by atoms with Crippen molar-refractivity contribution in [1.29, 1.82) is 0 Å². The van der Waals surface area contributed by atoms with Gasteiger partial charge < -0.3 is 0 Å². The molecule has 1 aliphatic carbocycles. The summed E-state index contributed by atoms with van der Waals surface area (Å²) in [6, 6.07) is 0.862. The minimum absolute atomic E-state index is 0.546. The molecule has 0 bridgehead atoms. The summed E-state index contributed by atoms with van der Waals surface area (Å²) in [6.07, 6.45) is 8.33.